The molecule has 8 nitrogen and oxygen atoms in total. The molecule has 0 saturated carbocycles. The molecule has 29 heavy (non-hydrogen) atoms. The molecule has 0 bridgehead atoms. The Balaban J connectivity index is 1.95. The molecule has 1 aliphatic rings. The predicted octanol–water partition coefficient (Wildman–Crippen LogP) is 3.65. The van der Waals surface area contributed by atoms with E-state index in [-0.39, 0.29) is 10.5 Å². The predicted molar refractivity (Wildman–Crippen MR) is 108 cm³/mol. The number of hydrogen-bond acceptors (Lipinski definition) is 7. The number of hydrogen-bond donors (Lipinski definition) is 1. The fourth-order valence-electron chi connectivity index (χ4n) is 2.78. The van der Waals surface area contributed by atoms with Gasteiger partial charge in [-0.15, -0.1) is 0 Å². The first-order valence-electron chi connectivity index (χ1n) is 8.31. The van der Waals surface area contributed by atoms with Gasteiger partial charge in [-0.05, 0) is 59.8 Å². The summed E-state index contributed by atoms with van der Waals surface area (Å²) in [4.78, 5) is 37.4. The first kappa shape index (κ1) is 20.3. The molecule has 1 aliphatic heterocycles. The van der Waals surface area contributed by atoms with Crippen molar-refractivity contribution in [2.45, 2.75) is 0 Å². The Morgan fingerprint density at radius 1 is 1.00 bits per heavy atom. The molecular weight excluding hydrogens is 398 g/mol. The number of nitrogens with zero attached hydrogens (tertiary/aromatic N) is 1. The number of aromatic carboxylic acids is 1. The lowest BCUT2D eigenvalue weighted by atomic mass is 10.1. The van der Waals surface area contributed by atoms with Gasteiger partial charge >= 0.3 is 5.97 Å². The van der Waals surface area contributed by atoms with Gasteiger partial charge in [-0.3, -0.25) is 9.59 Å². The molecule has 2 aromatic rings. The molecule has 0 spiro atoms. The van der Waals surface area contributed by atoms with Crippen molar-refractivity contribution in [1.29, 1.82) is 0 Å². The van der Waals surface area contributed by atoms with Crippen molar-refractivity contribution < 1.29 is 33.7 Å². The summed E-state index contributed by atoms with van der Waals surface area (Å²) in [5.41, 5.74) is 0.950. The van der Waals surface area contributed by atoms with Gasteiger partial charge in [0, 0.05) is 0 Å². The first-order chi connectivity index (χ1) is 13.9. The average molecular weight is 415 g/mol. The quantitative estimate of drug-likeness (QED) is 0.714. The number of carboxylic acid groups (broad SMARTS) is 1. The zero-order chi connectivity index (χ0) is 21.1. The van der Waals surface area contributed by atoms with E-state index in [1.165, 1.54) is 45.6 Å². The summed E-state index contributed by atoms with van der Waals surface area (Å²) in [7, 11) is 4.45. The topological polar surface area (TPSA) is 102 Å². The molecule has 0 aromatic heterocycles. The SMILES string of the molecule is COc1cc(C=C2SC(=O)N(c3ccc(C(=O)O)cc3)C2=O)cc(OC)c1OC. The molecule has 3 rings (SSSR count). The zero-order valence-corrected chi connectivity index (χ0v) is 16.6. The van der Waals surface area contributed by atoms with E-state index < -0.39 is 17.1 Å². The smallest absolute Gasteiger partial charge is 0.335 e. The van der Waals surface area contributed by atoms with Crippen molar-refractivity contribution in [2.24, 2.45) is 0 Å². The Kier molecular flexibility index (Phi) is 5.79. The van der Waals surface area contributed by atoms with Crippen LogP contribution in [0.1, 0.15) is 15.9 Å². The summed E-state index contributed by atoms with van der Waals surface area (Å²) < 4.78 is 15.9. The number of thioether (sulfide) groups is 1. The Bertz CT molecular complexity index is 989. The van der Waals surface area contributed by atoms with Crippen LogP contribution in [0.3, 0.4) is 0 Å². The van der Waals surface area contributed by atoms with Crippen LogP contribution in [0.5, 0.6) is 17.2 Å². The number of rotatable bonds is 6. The van der Waals surface area contributed by atoms with Crippen molar-refractivity contribution in [1.82, 2.24) is 0 Å². The number of ether oxygens (including phenoxy) is 3. The average Bonchev–Trinajstić information content (AvgIpc) is 3.00. The molecule has 1 fully saturated rings. The number of amides is 2. The van der Waals surface area contributed by atoms with E-state index in [4.69, 9.17) is 19.3 Å². The highest BCUT2D eigenvalue weighted by Crippen LogP contribution is 2.41. The van der Waals surface area contributed by atoms with Crippen LogP contribution in [0.15, 0.2) is 41.3 Å². The monoisotopic (exact) mass is 415 g/mol. The Labute approximate surface area is 170 Å². The number of carboxylic acids is 1. The number of anilines is 1. The van der Waals surface area contributed by atoms with E-state index in [1.807, 2.05) is 0 Å². The lowest BCUT2D eigenvalue weighted by Gasteiger charge is -2.13. The summed E-state index contributed by atoms with van der Waals surface area (Å²) in [6, 6.07) is 8.84. The molecule has 0 atom stereocenters. The van der Waals surface area contributed by atoms with Crippen LogP contribution in [0, 0.1) is 0 Å². The van der Waals surface area contributed by atoms with E-state index in [0.29, 0.717) is 28.5 Å². The highest BCUT2D eigenvalue weighted by atomic mass is 32.2. The summed E-state index contributed by atoms with van der Waals surface area (Å²) in [6.45, 7) is 0. The van der Waals surface area contributed by atoms with Crippen LogP contribution in [0.25, 0.3) is 6.08 Å². The van der Waals surface area contributed by atoms with Crippen LogP contribution in [-0.2, 0) is 4.79 Å². The maximum Gasteiger partial charge on any atom is 0.335 e. The number of carbonyl (C=O) groups excluding carboxylic acids is 2. The molecule has 150 valence electrons. The van der Waals surface area contributed by atoms with Gasteiger partial charge in [-0.25, -0.2) is 9.69 Å². The van der Waals surface area contributed by atoms with Gasteiger partial charge in [-0.1, -0.05) is 0 Å². The molecule has 9 heteroatoms. The van der Waals surface area contributed by atoms with Crippen LogP contribution in [0.4, 0.5) is 10.5 Å². The molecular formula is C20H17NO7S. The first-order valence-corrected chi connectivity index (χ1v) is 9.12. The third-order valence-electron chi connectivity index (χ3n) is 4.15. The molecule has 0 aliphatic carbocycles. The fraction of sp³-hybridized carbons (Fsp3) is 0.150. The van der Waals surface area contributed by atoms with Crippen LogP contribution in [-0.4, -0.2) is 43.6 Å². The van der Waals surface area contributed by atoms with Gasteiger partial charge in [0.15, 0.2) is 11.5 Å². The molecule has 0 radical (unpaired) electrons. The van der Waals surface area contributed by atoms with E-state index in [9.17, 15) is 14.4 Å². The van der Waals surface area contributed by atoms with Gasteiger partial charge in [0.25, 0.3) is 11.1 Å². The highest BCUT2D eigenvalue weighted by Gasteiger charge is 2.36. The molecule has 1 heterocycles. The molecule has 2 aromatic carbocycles. The van der Waals surface area contributed by atoms with Crippen molar-refractivity contribution in [3.63, 3.8) is 0 Å². The Morgan fingerprint density at radius 3 is 2.07 bits per heavy atom. The molecule has 2 amide bonds. The van der Waals surface area contributed by atoms with Gasteiger partial charge in [-0.2, -0.15) is 0 Å². The standard InChI is InChI=1S/C20H17NO7S/c1-26-14-8-11(9-15(27-2)17(14)28-3)10-16-18(22)21(20(25)29-16)13-6-4-12(5-7-13)19(23)24/h4-10H,1-3H3,(H,23,24). The third-order valence-corrected chi connectivity index (χ3v) is 5.02. The van der Waals surface area contributed by atoms with Gasteiger partial charge in [0.05, 0.1) is 37.5 Å². The van der Waals surface area contributed by atoms with E-state index in [2.05, 4.69) is 0 Å². The second kappa shape index (κ2) is 8.27. The number of imide groups is 1. The van der Waals surface area contributed by atoms with Crippen LogP contribution < -0.4 is 19.1 Å². The van der Waals surface area contributed by atoms with Crippen LogP contribution in [0.2, 0.25) is 0 Å². The summed E-state index contributed by atoms with van der Waals surface area (Å²) in [5.74, 6) is -0.341. The van der Waals surface area contributed by atoms with E-state index in [1.54, 1.807) is 18.2 Å². The van der Waals surface area contributed by atoms with E-state index >= 15 is 0 Å². The van der Waals surface area contributed by atoms with Gasteiger partial charge < -0.3 is 19.3 Å². The maximum atomic E-state index is 12.8. The Hall–Kier alpha value is -3.46. The second-order valence-electron chi connectivity index (χ2n) is 5.83. The minimum Gasteiger partial charge on any atom is -0.493 e. The number of benzene rings is 2. The highest BCUT2D eigenvalue weighted by molar-refractivity contribution is 8.19. The summed E-state index contributed by atoms with van der Waals surface area (Å²) in [5, 5.41) is 8.51. The number of methoxy groups -OCH3 is 3. The van der Waals surface area contributed by atoms with E-state index in [0.717, 1.165) is 16.7 Å². The lowest BCUT2D eigenvalue weighted by Crippen LogP contribution is -2.27. The van der Waals surface area contributed by atoms with Gasteiger partial charge in [0.2, 0.25) is 5.75 Å². The van der Waals surface area contributed by atoms with Crippen molar-refractivity contribution >= 4 is 40.6 Å². The number of carbonyl (C=O) groups is 3. The van der Waals surface area contributed by atoms with Crippen molar-refractivity contribution in [2.75, 3.05) is 26.2 Å². The van der Waals surface area contributed by atoms with Crippen molar-refractivity contribution in [3.8, 4) is 17.2 Å². The summed E-state index contributed by atoms with van der Waals surface area (Å²) >= 11 is 0.788. The third kappa shape index (κ3) is 3.90. The van der Waals surface area contributed by atoms with Gasteiger partial charge in [0.1, 0.15) is 0 Å². The lowest BCUT2D eigenvalue weighted by molar-refractivity contribution is -0.113. The second-order valence-corrected chi connectivity index (χ2v) is 6.82. The molecule has 1 saturated heterocycles. The maximum absolute atomic E-state index is 12.8. The Morgan fingerprint density at radius 2 is 1.59 bits per heavy atom. The van der Waals surface area contributed by atoms with Crippen LogP contribution >= 0.6 is 11.8 Å². The van der Waals surface area contributed by atoms with Crippen molar-refractivity contribution in [3.05, 3.63) is 52.4 Å². The molecule has 1 N–H and O–H groups in total. The fourth-order valence-corrected chi connectivity index (χ4v) is 3.62. The minimum atomic E-state index is -1.09. The summed E-state index contributed by atoms with van der Waals surface area (Å²) in [6.07, 6.45) is 1.56. The zero-order valence-electron chi connectivity index (χ0n) is 15.8. The largest absolute Gasteiger partial charge is 0.493 e. The normalized spacial score (nSPS) is 15.0. The molecule has 0 unspecified atom stereocenters. The minimum absolute atomic E-state index is 0.0636.